The van der Waals surface area contributed by atoms with E-state index in [2.05, 4.69) is 10.1 Å². The van der Waals surface area contributed by atoms with Gasteiger partial charge in [-0.3, -0.25) is 4.79 Å². The summed E-state index contributed by atoms with van der Waals surface area (Å²) in [6.07, 6.45) is 6.33. The average Bonchev–Trinajstić information content (AvgIpc) is 3.17. The summed E-state index contributed by atoms with van der Waals surface area (Å²) in [6.45, 7) is 4.13. The molecule has 0 atom stereocenters. The van der Waals surface area contributed by atoms with Crippen molar-refractivity contribution in [3.05, 3.63) is 34.0 Å². The number of hydrogen-bond acceptors (Lipinski definition) is 7. The SMILES string of the molecule is Cc1cc(-c2nc(C3CCN(C(=O)OC4CCC4)CC3)no2)cn(C2COC2)c1=O. The van der Waals surface area contributed by atoms with Gasteiger partial charge in [-0.15, -0.1) is 0 Å². The summed E-state index contributed by atoms with van der Waals surface area (Å²) in [5.74, 6) is 1.20. The third kappa shape index (κ3) is 3.62. The molecule has 160 valence electrons. The van der Waals surface area contributed by atoms with Gasteiger partial charge in [-0.2, -0.15) is 4.98 Å². The number of piperidine rings is 1. The van der Waals surface area contributed by atoms with Gasteiger partial charge in [0.05, 0.1) is 24.8 Å². The lowest BCUT2D eigenvalue weighted by Gasteiger charge is -2.33. The molecule has 30 heavy (non-hydrogen) atoms. The van der Waals surface area contributed by atoms with Crippen molar-refractivity contribution in [3.63, 3.8) is 0 Å². The Kier molecular flexibility index (Phi) is 5.06. The Labute approximate surface area is 174 Å². The monoisotopic (exact) mass is 414 g/mol. The van der Waals surface area contributed by atoms with Crippen LogP contribution in [-0.2, 0) is 9.47 Å². The van der Waals surface area contributed by atoms with Crippen molar-refractivity contribution in [2.45, 2.75) is 57.1 Å². The van der Waals surface area contributed by atoms with Crippen molar-refractivity contribution in [2.75, 3.05) is 26.3 Å². The topological polar surface area (TPSA) is 99.7 Å². The molecule has 0 radical (unpaired) electrons. The number of ether oxygens (including phenoxy) is 2. The third-order valence-electron chi connectivity index (χ3n) is 6.36. The van der Waals surface area contributed by atoms with Crippen LogP contribution in [0.4, 0.5) is 4.79 Å². The fourth-order valence-electron chi connectivity index (χ4n) is 4.06. The highest BCUT2D eigenvalue weighted by Gasteiger charge is 2.30. The summed E-state index contributed by atoms with van der Waals surface area (Å²) in [5, 5.41) is 4.18. The molecule has 9 heteroatoms. The van der Waals surface area contributed by atoms with Crippen molar-refractivity contribution >= 4 is 6.09 Å². The number of pyridine rings is 1. The zero-order valence-electron chi connectivity index (χ0n) is 17.1. The predicted octanol–water partition coefficient (Wildman–Crippen LogP) is 2.65. The molecule has 2 aromatic rings. The molecule has 2 aliphatic heterocycles. The molecule has 1 saturated carbocycles. The van der Waals surface area contributed by atoms with Gasteiger partial charge in [0.2, 0.25) is 0 Å². The first-order chi connectivity index (χ1) is 14.6. The van der Waals surface area contributed by atoms with Crippen LogP contribution in [0.2, 0.25) is 0 Å². The molecule has 0 N–H and O–H groups in total. The fourth-order valence-corrected chi connectivity index (χ4v) is 4.06. The summed E-state index contributed by atoms with van der Waals surface area (Å²) in [6, 6.07) is 1.84. The summed E-state index contributed by atoms with van der Waals surface area (Å²) < 4.78 is 17.9. The number of aryl methyl sites for hydroxylation is 1. The van der Waals surface area contributed by atoms with Crippen molar-refractivity contribution < 1.29 is 18.8 Å². The Morgan fingerprint density at radius 3 is 2.60 bits per heavy atom. The van der Waals surface area contributed by atoms with Gasteiger partial charge in [-0.05, 0) is 45.1 Å². The largest absolute Gasteiger partial charge is 0.446 e. The first kappa shape index (κ1) is 19.3. The van der Waals surface area contributed by atoms with E-state index in [1.54, 1.807) is 28.7 Å². The van der Waals surface area contributed by atoms with Crippen LogP contribution in [0.3, 0.4) is 0 Å². The zero-order chi connectivity index (χ0) is 20.7. The van der Waals surface area contributed by atoms with Crippen molar-refractivity contribution in [1.29, 1.82) is 0 Å². The van der Waals surface area contributed by atoms with Gasteiger partial charge in [0.15, 0.2) is 5.82 Å². The van der Waals surface area contributed by atoms with E-state index in [0.29, 0.717) is 43.6 Å². The molecular weight excluding hydrogens is 388 g/mol. The number of amides is 1. The van der Waals surface area contributed by atoms with Crippen LogP contribution >= 0.6 is 0 Å². The lowest BCUT2D eigenvalue weighted by Crippen LogP contribution is -2.41. The predicted molar refractivity (Wildman–Crippen MR) is 106 cm³/mol. The van der Waals surface area contributed by atoms with Crippen molar-refractivity contribution in [3.8, 4) is 11.5 Å². The van der Waals surface area contributed by atoms with E-state index in [1.807, 2.05) is 0 Å². The second kappa shape index (κ2) is 7.86. The molecule has 2 aromatic heterocycles. The number of likely N-dealkylation sites (tertiary alicyclic amines) is 1. The van der Waals surface area contributed by atoms with Gasteiger partial charge in [-0.25, -0.2) is 4.79 Å². The molecule has 0 unspecified atom stereocenters. The molecule has 5 rings (SSSR count). The van der Waals surface area contributed by atoms with Crippen LogP contribution in [0, 0.1) is 6.92 Å². The van der Waals surface area contributed by atoms with Crippen molar-refractivity contribution in [2.24, 2.45) is 0 Å². The van der Waals surface area contributed by atoms with Crippen molar-refractivity contribution in [1.82, 2.24) is 19.6 Å². The number of nitrogens with zero attached hydrogens (tertiary/aromatic N) is 4. The Morgan fingerprint density at radius 1 is 1.20 bits per heavy atom. The summed E-state index contributed by atoms with van der Waals surface area (Å²) >= 11 is 0. The highest BCUT2D eigenvalue weighted by molar-refractivity contribution is 5.68. The normalized spacial score (nSPS) is 20.6. The van der Waals surface area contributed by atoms with E-state index < -0.39 is 0 Å². The lowest BCUT2D eigenvalue weighted by molar-refractivity contribution is -0.0248. The first-order valence-corrected chi connectivity index (χ1v) is 10.7. The summed E-state index contributed by atoms with van der Waals surface area (Å²) in [5.41, 5.74) is 1.35. The van der Waals surface area contributed by atoms with Crippen LogP contribution in [0.15, 0.2) is 21.6 Å². The van der Waals surface area contributed by atoms with Crippen LogP contribution < -0.4 is 5.56 Å². The van der Waals surface area contributed by atoms with E-state index in [9.17, 15) is 9.59 Å². The summed E-state index contributed by atoms with van der Waals surface area (Å²) in [7, 11) is 0. The standard InChI is InChI=1S/C21H26N4O5/c1-13-9-15(10-25(20(13)26)16-11-28-12-16)19-22-18(23-30-19)14-5-7-24(8-6-14)21(27)29-17-3-2-4-17/h9-10,14,16-17H,2-8,11-12H2,1H3. The molecule has 1 aliphatic carbocycles. The van der Waals surface area contributed by atoms with E-state index in [1.165, 1.54) is 0 Å². The van der Waals surface area contributed by atoms with Crippen LogP contribution in [0.25, 0.3) is 11.5 Å². The van der Waals surface area contributed by atoms with Gasteiger partial charge < -0.3 is 23.5 Å². The molecule has 3 aliphatic rings. The number of rotatable bonds is 4. The molecule has 3 fully saturated rings. The van der Waals surface area contributed by atoms with Gasteiger partial charge in [0.25, 0.3) is 11.4 Å². The molecule has 0 spiro atoms. The molecule has 0 aromatic carbocycles. The molecular formula is C21H26N4O5. The smallest absolute Gasteiger partial charge is 0.410 e. The quantitative estimate of drug-likeness (QED) is 0.758. The average molecular weight is 414 g/mol. The van der Waals surface area contributed by atoms with Crippen LogP contribution in [-0.4, -0.2) is 58.1 Å². The number of hydrogen-bond donors (Lipinski definition) is 0. The maximum absolute atomic E-state index is 12.4. The van der Waals surface area contributed by atoms with Gasteiger partial charge >= 0.3 is 6.09 Å². The Balaban J connectivity index is 1.26. The molecule has 0 bridgehead atoms. The maximum atomic E-state index is 12.4. The third-order valence-corrected chi connectivity index (χ3v) is 6.36. The molecule has 2 saturated heterocycles. The molecule has 1 amide bonds. The fraction of sp³-hybridized carbons (Fsp3) is 0.619. The minimum Gasteiger partial charge on any atom is -0.446 e. The lowest BCUT2D eigenvalue weighted by atomic mass is 9.96. The van der Waals surface area contributed by atoms with Gasteiger partial charge in [-0.1, -0.05) is 5.16 Å². The summed E-state index contributed by atoms with van der Waals surface area (Å²) in [4.78, 5) is 31.0. The second-order valence-electron chi connectivity index (χ2n) is 8.47. The van der Waals surface area contributed by atoms with E-state index in [4.69, 9.17) is 14.0 Å². The number of carbonyl (C=O) groups is 1. The Hall–Kier alpha value is -2.68. The minimum atomic E-state index is -0.204. The van der Waals surface area contributed by atoms with E-state index in [-0.39, 0.29) is 29.7 Å². The molecule has 4 heterocycles. The Morgan fingerprint density at radius 2 is 1.97 bits per heavy atom. The zero-order valence-corrected chi connectivity index (χ0v) is 17.1. The van der Waals surface area contributed by atoms with Crippen LogP contribution in [0.1, 0.15) is 55.5 Å². The van der Waals surface area contributed by atoms with Gasteiger partial charge in [0.1, 0.15) is 6.10 Å². The highest BCUT2D eigenvalue weighted by atomic mass is 16.6. The highest BCUT2D eigenvalue weighted by Crippen LogP contribution is 2.30. The number of aromatic nitrogens is 3. The van der Waals surface area contributed by atoms with Gasteiger partial charge in [0, 0.05) is 30.8 Å². The maximum Gasteiger partial charge on any atom is 0.410 e. The minimum absolute atomic E-state index is 0.0204. The van der Waals surface area contributed by atoms with Crippen LogP contribution in [0.5, 0.6) is 0 Å². The molecule has 9 nitrogen and oxygen atoms in total. The second-order valence-corrected chi connectivity index (χ2v) is 8.47. The first-order valence-electron chi connectivity index (χ1n) is 10.7. The number of carbonyl (C=O) groups excluding carboxylic acids is 1. The van der Waals surface area contributed by atoms with E-state index in [0.717, 1.165) is 37.7 Å². The van der Waals surface area contributed by atoms with E-state index >= 15 is 0 Å². The Bertz CT molecular complexity index is 984.